The molecule has 0 radical (unpaired) electrons. The van der Waals surface area contributed by atoms with Gasteiger partial charge in [-0.05, 0) is 38.0 Å². The van der Waals surface area contributed by atoms with Crippen molar-refractivity contribution in [2.24, 2.45) is 11.7 Å². The van der Waals surface area contributed by atoms with E-state index in [0.29, 0.717) is 29.7 Å². The Kier molecular flexibility index (Phi) is 4.50. The Morgan fingerprint density at radius 3 is 2.76 bits per heavy atom. The maximum atomic E-state index is 12.8. The molecule has 2 N–H and O–H groups in total. The van der Waals surface area contributed by atoms with Crippen LogP contribution in [0, 0.1) is 5.92 Å². The molecule has 21 heavy (non-hydrogen) atoms. The molecule has 0 aromatic carbocycles. The van der Waals surface area contributed by atoms with E-state index in [9.17, 15) is 4.79 Å². The summed E-state index contributed by atoms with van der Waals surface area (Å²) >= 11 is 6.28. The minimum absolute atomic E-state index is 0.0604. The second kappa shape index (κ2) is 6.36. The van der Waals surface area contributed by atoms with Gasteiger partial charge in [-0.3, -0.25) is 4.79 Å². The molecule has 0 amide bonds. The first kappa shape index (κ1) is 14.9. The lowest BCUT2D eigenvalue weighted by Gasteiger charge is -2.37. The largest absolute Gasteiger partial charge is 0.362 e. The summed E-state index contributed by atoms with van der Waals surface area (Å²) in [7, 11) is 0. The van der Waals surface area contributed by atoms with E-state index in [1.807, 2.05) is 0 Å². The van der Waals surface area contributed by atoms with Crippen molar-refractivity contribution in [3.05, 3.63) is 21.6 Å². The summed E-state index contributed by atoms with van der Waals surface area (Å²) in [5, 5.41) is 4.67. The minimum Gasteiger partial charge on any atom is -0.362 e. The molecule has 1 aromatic heterocycles. The Morgan fingerprint density at radius 1 is 1.29 bits per heavy atom. The first-order valence-electron chi connectivity index (χ1n) is 7.93. The number of piperidine rings is 1. The van der Waals surface area contributed by atoms with Gasteiger partial charge < -0.3 is 10.6 Å². The Labute approximate surface area is 130 Å². The molecule has 2 heterocycles. The SMILES string of the molecule is NCC1CCCCN1c1c(Cl)cnn(CC2CCC2)c1=O. The maximum absolute atomic E-state index is 12.8. The summed E-state index contributed by atoms with van der Waals surface area (Å²) in [6.07, 6.45) is 8.54. The molecular weight excluding hydrogens is 288 g/mol. The van der Waals surface area contributed by atoms with E-state index in [2.05, 4.69) is 10.00 Å². The van der Waals surface area contributed by atoms with Gasteiger partial charge in [0.15, 0.2) is 0 Å². The summed E-state index contributed by atoms with van der Waals surface area (Å²) in [4.78, 5) is 14.9. The van der Waals surface area contributed by atoms with Gasteiger partial charge >= 0.3 is 0 Å². The van der Waals surface area contributed by atoms with E-state index in [4.69, 9.17) is 17.3 Å². The van der Waals surface area contributed by atoms with Gasteiger partial charge in [0.2, 0.25) is 0 Å². The molecule has 6 heteroatoms. The highest BCUT2D eigenvalue weighted by Crippen LogP contribution is 2.29. The fourth-order valence-corrected chi connectivity index (χ4v) is 3.54. The second-order valence-corrected chi connectivity index (χ2v) is 6.61. The highest BCUT2D eigenvalue weighted by Gasteiger charge is 2.27. The Hall–Kier alpha value is -1.07. The third-order valence-electron chi connectivity index (χ3n) is 4.82. The maximum Gasteiger partial charge on any atom is 0.291 e. The normalized spacial score (nSPS) is 23.1. The molecular formula is C15H23ClN4O. The first-order chi connectivity index (χ1) is 10.2. The van der Waals surface area contributed by atoms with E-state index in [1.165, 1.54) is 19.3 Å². The average Bonchev–Trinajstić information content (AvgIpc) is 2.45. The van der Waals surface area contributed by atoms with Crippen molar-refractivity contribution >= 4 is 17.3 Å². The van der Waals surface area contributed by atoms with Gasteiger partial charge in [0.05, 0.1) is 11.2 Å². The number of halogens is 1. The van der Waals surface area contributed by atoms with Crippen LogP contribution < -0.4 is 16.2 Å². The van der Waals surface area contributed by atoms with Gasteiger partial charge in [0, 0.05) is 25.7 Å². The van der Waals surface area contributed by atoms with Crippen molar-refractivity contribution in [2.45, 2.75) is 51.1 Å². The third-order valence-corrected chi connectivity index (χ3v) is 5.09. The molecule has 1 saturated heterocycles. The molecule has 1 saturated carbocycles. The van der Waals surface area contributed by atoms with Gasteiger partial charge in [-0.15, -0.1) is 0 Å². The molecule has 1 aliphatic heterocycles. The van der Waals surface area contributed by atoms with Crippen LogP contribution >= 0.6 is 11.6 Å². The van der Waals surface area contributed by atoms with E-state index in [1.54, 1.807) is 10.9 Å². The van der Waals surface area contributed by atoms with Gasteiger partial charge in [-0.25, -0.2) is 4.68 Å². The third kappa shape index (κ3) is 2.94. The molecule has 1 aliphatic carbocycles. The summed E-state index contributed by atoms with van der Waals surface area (Å²) in [6.45, 7) is 2.12. The van der Waals surface area contributed by atoms with Gasteiger partial charge in [-0.2, -0.15) is 5.10 Å². The number of anilines is 1. The highest BCUT2D eigenvalue weighted by molar-refractivity contribution is 6.33. The molecule has 0 bridgehead atoms. The monoisotopic (exact) mass is 310 g/mol. The summed E-state index contributed by atoms with van der Waals surface area (Å²) in [6, 6.07) is 0.212. The Morgan fingerprint density at radius 2 is 2.10 bits per heavy atom. The Bertz CT molecular complexity index is 555. The predicted molar refractivity (Wildman–Crippen MR) is 84.9 cm³/mol. The van der Waals surface area contributed by atoms with Crippen molar-refractivity contribution in [1.82, 2.24) is 9.78 Å². The van der Waals surface area contributed by atoms with Crippen molar-refractivity contribution in [2.75, 3.05) is 18.0 Å². The zero-order chi connectivity index (χ0) is 14.8. The van der Waals surface area contributed by atoms with E-state index >= 15 is 0 Å². The standard InChI is InChI=1S/C15H23ClN4O/c16-13-9-18-20(10-11-4-3-5-11)15(21)14(13)19-7-2-1-6-12(19)8-17/h9,11-12H,1-8,10,17H2. The van der Waals surface area contributed by atoms with Crippen LogP contribution in [0.5, 0.6) is 0 Å². The van der Waals surface area contributed by atoms with Crippen LogP contribution in [0.1, 0.15) is 38.5 Å². The molecule has 3 rings (SSSR count). The van der Waals surface area contributed by atoms with Crippen LogP contribution in [0.15, 0.2) is 11.0 Å². The molecule has 1 unspecified atom stereocenters. The molecule has 5 nitrogen and oxygen atoms in total. The van der Waals surface area contributed by atoms with Crippen LogP contribution in [0.3, 0.4) is 0 Å². The van der Waals surface area contributed by atoms with E-state index in [-0.39, 0.29) is 11.6 Å². The highest BCUT2D eigenvalue weighted by atomic mass is 35.5. The summed E-state index contributed by atoms with van der Waals surface area (Å²) in [5.41, 5.74) is 6.41. The summed E-state index contributed by atoms with van der Waals surface area (Å²) in [5.74, 6) is 0.593. The number of rotatable bonds is 4. The molecule has 116 valence electrons. The van der Waals surface area contributed by atoms with E-state index in [0.717, 1.165) is 25.8 Å². The fraction of sp³-hybridized carbons (Fsp3) is 0.733. The van der Waals surface area contributed by atoms with Crippen LogP contribution in [-0.2, 0) is 6.54 Å². The van der Waals surface area contributed by atoms with Crippen molar-refractivity contribution in [3.8, 4) is 0 Å². The smallest absolute Gasteiger partial charge is 0.291 e. The zero-order valence-electron chi connectivity index (χ0n) is 12.3. The molecule has 2 fully saturated rings. The molecule has 1 atom stereocenters. The first-order valence-corrected chi connectivity index (χ1v) is 8.31. The Balaban J connectivity index is 1.92. The average molecular weight is 311 g/mol. The van der Waals surface area contributed by atoms with Crippen molar-refractivity contribution in [1.29, 1.82) is 0 Å². The van der Waals surface area contributed by atoms with Crippen molar-refractivity contribution < 1.29 is 0 Å². The summed E-state index contributed by atoms with van der Waals surface area (Å²) < 4.78 is 1.59. The van der Waals surface area contributed by atoms with Crippen LogP contribution in [0.2, 0.25) is 5.02 Å². The number of nitrogens with zero attached hydrogens (tertiary/aromatic N) is 3. The number of aromatic nitrogens is 2. The van der Waals surface area contributed by atoms with Crippen LogP contribution in [0.4, 0.5) is 5.69 Å². The zero-order valence-corrected chi connectivity index (χ0v) is 13.1. The van der Waals surface area contributed by atoms with Gasteiger partial charge in [-0.1, -0.05) is 18.0 Å². The van der Waals surface area contributed by atoms with Crippen LogP contribution in [0.25, 0.3) is 0 Å². The van der Waals surface area contributed by atoms with Gasteiger partial charge in [0.25, 0.3) is 5.56 Å². The van der Waals surface area contributed by atoms with Gasteiger partial charge in [0.1, 0.15) is 5.69 Å². The lowest BCUT2D eigenvalue weighted by Crippen LogP contribution is -2.47. The lowest BCUT2D eigenvalue weighted by atomic mass is 9.85. The van der Waals surface area contributed by atoms with E-state index < -0.39 is 0 Å². The lowest BCUT2D eigenvalue weighted by molar-refractivity contribution is 0.261. The predicted octanol–water partition coefficient (Wildman–Crippen LogP) is 2.01. The number of nitrogens with two attached hydrogens (primary N) is 1. The van der Waals surface area contributed by atoms with Crippen molar-refractivity contribution in [3.63, 3.8) is 0 Å². The van der Waals surface area contributed by atoms with Crippen LogP contribution in [-0.4, -0.2) is 28.9 Å². The quantitative estimate of drug-likeness (QED) is 0.924. The molecule has 0 spiro atoms. The number of hydrogen-bond donors (Lipinski definition) is 1. The molecule has 1 aromatic rings. The number of hydrogen-bond acceptors (Lipinski definition) is 4. The topological polar surface area (TPSA) is 64.2 Å². The second-order valence-electron chi connectivity index (χ2n) is 6.20. The minimum atomic E-state index is -0.0604. The molecule has 2 aliphatic rings. The fourth-order valence-electron chi connectivity index (χ4n) is 3.31.